The van der Waals surface area contributed by atoms with Crippen LogP contribution in [0.15, 0.2) is 0 Å². The van der Waals surface area contributed by atoms with Crippen LogP contribution in [0.2, 0.25) is 0 Å². The molecular weight excluding hydrogens is 284 g/mol. The molecule has 0 radical (unpaired) electrons. The molecule has 0 aromatic rings. The fourth-order valence-corrected chi connectivity index (χ4v) is 5.25. The third kappa shape index (κ3) is 2.98. The highest BCUT2D eigenvalue weighted by molar-refractivity contribution is 7.86. The number of rotatable bonds is 3. The molecule has 4 atom stereocenters. The van der Waals surface area contributed by atoms with E-state index in [1.54, 1.807) is 0 Å². The maximum absolute atomic E-state index is 12.6. The van der Waals surface area contributed by atoms with E-state index < -0.39 is 28.3 Å². The monoisotopic (exact) mass is 306 g/mol. The summed E-state index contributed by atoms with van der Waals surface area (Å²) in [5.74, 6) is -0.697. The Morgan fingerprint density at radius 1 is 1.10 bits per heavy atom. The molecule has 0 amide bonds. The number of carbonyl (C=O) groups is 1. The Morgan fingerprint density at radius 3 is 2.15 bits per heavy atom. The van der Waals surface area contributed by atoms with E-state index in [2.05, 4.69) is 0 Å². The first-order chi connectivity index (χ1) is 9.21. The number of carboxylic acid groups (broad SMARTS) is 1. The smallest absolute Gasteiger partial charge is 0.322 e. The number of aliphatic hydroxyl groups is 1. The van der Waals surface area contributed by atoms with Gasteiger partial charge in [-0.25, -0.2) is 0 Å². The first kappa shape index (κ1) is 15.7. The fourth-order valence-electron chi connectivity index (χ4n) is 3.21. The average Bonchev–Trinajstić information content (AvgIpc) is 2.71. The van der Waals surface area contributed by atoms with Crippen molar-refractivity contribution in [1.29, 1.82) is 0 Å². The number of β-amino-alcohol motifs (C(OH)–C–C–N with tert-alkyl or cyclic N) is 1. The molecule has 2 saturated heterocycles. The SMILES string of the molecule is CC1CC(C)CN(S(=O)(=O)N2C[C@@H](O)C[C@H]2C(=O)O)C1. The van der Waals surface area contributed by atoms with Crippen molar-refractivity contribution in [1.82, 2.24) is 8.61 Å². The van der Waals surface area contributed by atoms with Gasteiger partial charge in [-0.15, -0.1) is 0 Å². The highest BCUT2D eigenvalue weighted by Crippen LogP contribution is 2.29. The molecule has 0 aromatic heterocycles. The summed E-state index contributed by atoms with van der Waals surface area (Å²) in [7, 11) is -3.83. The Morgan fingerprint density at radius 2 is 1.65 bits per heavy atom. The lowest BCUT2D eigenvalue weighted by Gasteiger charge is -2.37. The normalized spacial score (nSPS) is 37.1. The average molecular weight is 306 g/mol. The van der Waals surface area contributed by atoms with Crippen molar-refractivity contribution in [3.63, 3.8) is 0 Å². The van der Waals surface area contributed by atoms with E-state index in [1.165, 1.54) is 4.31 Å². The van der Waals surface area contributed by atoms with Gasteiger partial charge in [0.15, 0.2) is 0 Å². The summed E-state index contributed by atoms with van der Waals surface area (Å²) in [5, 5.41) is 18.7. The molecule has 0 aromatic carbocycles. The van der Waals surface area contributed by atoms with Crippen LogP contribution in [0, 0.1) is 11.8 Å². The van der Waals surface area contributed by atoms with Gasteiger partial charge in [-0.1, -0.05) is 13.8 Å². The van der Waals surface area contributed by atoms with E-state index >= 15 is 0 Å². The third-order valence-corrected chi connectivity index (χ3v) is 5.92. The Kier molecular flexibility index (Phi) is 4.38. The second-order valence-corrected chi connectivity index (χ2v) is 7.97. The van der Waals surface area contributed by atoms with Gasteiger partial charge in [-0.3, -0.25) is 4.79 Å². The van der Waals surface area contributed by atoms with Crippen molar-refractivity contribution in [3.05, 3.63) is 0 Å². The molecule has 2 heterocycles. The van der Waals surface area contributed by atoms with Gasteiger partial charge in [0.1, 0.15) is 6.04 Å². The van der Waals surface area contributed by atoms with Crippen LogP contribution in [0.5, 0.6) is 0 Å². The number of hydrogen-bond donors (Lipinski definition) is 2. The fraction of sp³-hybridized carbons (Fsp3) is 0.917. The molecule has 116 valence electrons. The summed E-state index contributed by atoms with van der Waals surface area (Å²) in [4.78, 5) is 11.2. The van der Waals surface area contributed by atoms with Gasteiger partial charge in [-0.2, -0.15) is 17.0 Å². The van der Waals surface area contributed by atoms with E-state index in [0.717, 1.165) is 10.7 Å². The molecule has 0 spiro atoms. The quantitative estimate of drug-likeness (QED) is 0.748. The van der Waals surface area contributed by atoms with Crippen molar-refractivity contribution in [3.8, 4) is 0 Å². The lowest BCUT2D eigenvalue weighted by molar-refractivity contribution is -0.140. The zero-order chi connectivity index (χ0) is 15.1. The minimum Gasteiger partial charge on any atom is -0.480 e. The molecule has 20 heavy (non-hydrogen) atoms. The van der Waals surface area contributed by atoms with Crippen molar-refractivity contribution in [2.24, 2.45) is 11.8 Å². The maximum atomic E-state index is 12.6. The van der Waals surface area contributed by atoms with Crippen LogP contribution >= 0.6 is 0 Å². The van der Waals surface area contributed by atoms with Gasteiger partial charge >= 0.3 is 5.97 Å². The van der Waals surface area contributed by atoms with Gasteiger partial charge in [0.25, 0.3) is 10.2 Å². The van der Waals surface area contributed by atoms with E-state index in [9.17, 15) is 18.3 Å². The maximum Gasteiger partial charge on any atom is 0.322 e. The molecule has 0 bridgehead atoms. The number of aliphatic hydroxyl groups excluding tert-OH is 1. The zero-order valence-electron chi connectivity index (χ0n) is 11.8. The van der Waals surface area contributed by atoms with Gasteiger partial charge in [0, 0.05) is 26.1 Å². The molecule has 2 unspecified atom stereocenters. The van der Waals surface area contributed by atoms with Gasteiger partial charge < -0.3 is 10.2 Å². The predicted molar refractivity (Wildman–Crippen MR) is 72.2 cm³/mol. The lowest BCUT2D eigenvalue weighted by Crippen LogP contribution is -2.52. The van der Waals surface area contributed by atoms with Crippen LogP contribution in [0.4, 0.5) is 0 Å². The zero-order valence-corrected chi connectivity index (χ0v) is 12.6. The van der Waals surface area contributed by atoms with E-state index in [-0.39, 0.29) is 24.8 Å². The summed E-state index contributed by atoms with van der Waals surface area (Å²) in [5.41, 5.74) is 0. The molecular formula is C12H22N2O5S. The van der Waals surface area contributed by atoms with Crippen LogP contribution in [0.3, 0.4) is 0 Å². The summed E-state index contributed by atoms with van der Waals surface area (Å²) >= 11 is 0. The topological polar surface area (TPSA) is 98.2 Å². The first-order valence-corrected chi connectivity index (χ1v) is 8.29. The highest BCUT2D eigenvalue weighted by Gasteiger charge is 2.46. The van der Waals surface area contributed by atoms with E-state index in [1.807, 2.05) is 13.8 Å². The van der Waals surface area contributed by atoms with Crippen molar-refractivity contribution in [2.45, 2.75) is 38.8 Å². The van der Waals surface area contributed by atoms with Crippen LogP contribution in [-0.2, 0) is 15.0 Å². The molecule has 2 aliphatic rings. The molecule has 2 N–H and O–H groups in total. The number of hydrogen-bond acceptors (Lipinski definition) is 4. The minimum atomic E-state index is -3.83. The molecule has 7 nitrogen and oxygen atoms in total. The van der Waals surface area contributed by atoms with Crippen molar-refractivity contribution in [2.75, 3.05) is 19.6 Å². The summed E-state index contributed by atoms with van der Waals surface area (Å²) in [6.45, 7) is 4.66. The standard InChI is InChI=1S/C12H22N2O5S/c1-8-3-9(2)6-13(5-8)20(18,19)14-7-10(15)4-11(14)12(16)17/h8-11,15H,3-7H2,1-2H3,(H,16,17)/t8?,9?,10-,11-/m0/s1. The Labute approximate surface area is 119 Å². The van der Waals surface area contributed by atoms with Crippen LogP contribution in [0.25, 0.3) is 0 Å². The molecule has 2 fully saturated rings. The lowest BCUT2D eigenvalue weighted by atomic mass is 9.94. The number of aliphatic carboxylic acids is 1. The van der Waals surface area contributed by atoms with Crippen molar-refractivity contribution < 1.29 is 23.4 Å². The second-order valence-electron chi connectivity index (χ2n) is 6.08. The highest BCUT2D eigenvalue weighted by atomic mass is 32.2. The predicted octanol–water partition coefficient (Wildman–Crippen LogP) is -0.271. The molecule has 0 saturated carbocycles. The number of nitrogens with zero attached hydrogens (tertiary/aromatic N) is 2. The minimum absolute atomic E-state index is 0.0481. The first-order valence-electron chi connectivity index (χ1n) is 6.89. The summed E-state index contributed by atoms with van der Waals surface area (Å²) in [6, 6.07) is -1.16. The van der Waals surface area contributed by atoms with Gasteiger partial charge in [-0.05, 0) is 18.3 Å². The van der Waals surface area contributed by atoms with Crippen LogP contribution in [-0.4, -0.2) is 65.0 Å². The second kappa shape index (κ2) is 5.59. The van der Waals surface area contributed by atoms with E-state index in [4.69, 9.17) is 5.11 Å². The number of carboxylic acids is 1. The van der Waals surface area contributed by atoms with Crippen molar-refractivity contribution >= 4 is 16.2 Å². The molecule has 0 aliphatic carbocycles. The molecule has 2 rings (SSSR count). The van der Waals surface area contributed by atoms with Gasteiger partial charge in [0.05, 0.1) is 6.10 Å². The van der Waals surface area contributed by atoms with Crippen LogP contribution in [0.1, 0.15) is 26.7 Å². The number of piperidine rings is 1. The summed E-state index contributed by atoms with van der Waals surface area (Å²) < 4.78 is 27.5. The third-order valence-electron chi connectivity index (χ3n) is 3.98. The van der Waals surface area contributed by atoms with Gasteiger partial charge in [0.2, 0.25) is 0 Å². The van der Waals surface area contributed by atoms with Crippen LogP contribution < -0.4 is 0 Å². The van der Waals surface area contributed by atoms with E-state index in [0.29, 0.717) is 13.1 Å². The summed E-state index contributed by atoms with van der Waals surface area (Å²) in [6.07, 6.45) is 0.00958. The largest absolute Gasteiger partial charge is 0.480 e. The molecule has 2 aliphatic heterocycles. The Balaban J connectivity index is 2.23. The Bertz CT molecular complexity index is 470. The molecule has 8 heteroatoms. The Hall–Kier alpha value is -0.700.